The Bertz CT molecular complexity index is 752. The van der Waals surface area contributed by atoms with Crippen LogP contribution in [0.1, 0.15) is 24.0 Å². The molecular weight excluding hydrogens is 345 g/mol. The molecule has 1 aromatic carbocycles. The maximum Gasteiger partial charge on any atom is 0.146 e. The molecule has 0 saturated carbocycles. The highest BCUT2D eigenvalue weighted by atomic mass is 35.5. The van der Waals surface area contributed by atoms with Crippen molar-refractivity contribution in [3.05, 3.63) is 57.7 Å². The molecule has 6 heteroatoms. The second-order valence-corrected chi connectivity index (χ2v) is 6.55. The molecule has 0 atom stereocenters. The van der Waals surface area contributed by atoms with E-state index in [1.807, 2.05) is 12.1 Å². The van der Waals surface area contributed by atoms with Gasteiger partial charge in [-0.25, -0.2) is 4.98 Å². The molecule has 0 radical (unpaired) electrons. The normalized spacial score (nSPS) is 15.3. The zero-order valence-electron chi connectivity index (χ0n) is 13.1. The number of piperidine rings is 1. The van der Waals surface area contributed by atoms with Gasteiger partial charge in [0.1, 0.15) is 11.9 Å². The standard InChI is InChI=1S/C18H17Cl2N3O/c19-16-4-3-13(10-17(16)20)12-24-15-5-8-23(9-6-15)18-14(11-21)2-1-7-22-18/h1-4,7,10,15H,5-6,8-9,12H2. The Morgan fingerprint density at radius 1 is 1.21 bits per heavy atom. The Labute approximate surface area is 151 Å². The molecule has 1 aliphatic heterocycles. The molecule has 124 valence electrons. The van der Waals surface area contributed by atoms with E-state index >= 15 is 0 Å². The SMILES string of the molecule is N#Cc1cccnc1N1CCC(OCc2ccc(Cl)c(Cl)c2)CC1. The highest BCUT2D eigenvalue weighted by Gasteiger charge is 2.22. The minimum atomic E-state index is 0.199. The fraction of sp³-hybridized carbons (Fsp3) is 0.333. The van der Waals surface area contributed by atoms with Crippen molar-refractivity contribution in [1.29, 1.82) is 5.26 Å². The first kappa shape index (κ1) is 17.0. The lowest BCUT2D eigenvalue weighted by atomic mass is 10.1. The number of rotatable bonds is 4. The van der Waals surface area contributed by atoms with Crippen molar-refractivity contribution in [1.82, 2.24) is 4.98 Å². The molecule has 3 rings (SSSR count). The number of anilines is 1. The molecule has 0 amide bonds. The van der Waals surface area contributed by atoms with Gasteiger partial charge >= 0.3 is 0 Å². The molecule has 1 fully saturated rings. The Morgan fingerprint density at radius 2 is 2.00 bits per heavy atom. The Hall–Kier alpha value is -1.80. The summed E-state index contributed by atoms with van der Waals surface area (Å²) in [7, 11) is 0. The quantitative estimate of drug-likeness (QED) is 0.807. The maximum atomic E-state index is 9.19. The number of ether oxygens (including phenoxy) is 1. The molecule has 0 spiro atoms. The fourth-order valence-electron chi connectivity index (χ4n) is 2.81. The summed E-state index contributed by atoms with van der Waals surface area (Å²) in [6.07, 6.45) is 3.74. The molecule has 0 N–H and O–H groups in total. The third-order valence-electron chi connectivity index (χ3n) is 4.12. The Kier molecular flexibility index (Phi) is 5.57. The number of hydrogen-bond acceptors (Lipinski definition) is 4. The summed E-state index contributed by atoms with van der Waals surface area (Å²) in [6.45, 7) is 2.18. The van der Waals surface area contributed by atoms with Crippen LogP contribution in [0.25, 0.3) is 0 Å². The lowest BCUT2D eigenvalue weighted by molar-refractivity contribution is 0.0250. The van der Waals surface area contributed by atoms with Crippen LogP contribution in [-0.4, -0.2) is 24.2 Å². The zero-order valence-corrected chi connectivity index (χ0v) is 14.6. The van der Waals surface area contributed by atoms with Crippen LogP contribution in [0.4, 0.5) is 5.82 Å². The summed E-state index contributed by atoms with van der Waals surface area (Å²) in [5.74, 6) is 0.767. The largest absolute Gasteiger partial charge is 0.373 e. The number of aromatic nitrogens is 1. The van der Waals surface area contributed by atoms with Crippen LogP contribution in [0.3, 0.4) is 0 Å². The predicted molar refractivity (Wildman–Crippen MR) is 95.4 cm³/mol. The van der Waals surface area contributed by atoms with Gasteiger partial charge in [-0.05, 0) is 42.7 Å². The molecule has 0 aliphatic carbocycles. The Morgan fingerprint density at radius 3 is 2.71 bits per heavy atom. The second-order valence-electron chi connectivity index (χ2n) is 5.73. The van der Waals surface area contributed by atoms with Crippen molar-refractivity contribution < 1.29 is 4.74 Å². The summed E-state index contributed by atoms with van der Waals surface area (Å²) < 4.78 is 5.99. The highest BCUT2D eigenvalue weighted by molar-refractivity contribution is 6.42. The van der Waals surface area contributed by atoms with E-state index in [4.69, 9.17) is 27.9 Å². The molecule has 0 unspecified atom stereocenters. The van der Waals surface area contributed by atoms with E-state index in [-0.39, 0.29) is 6.10 Å². The first-order chi connectivity index (χ1) is 11.7. The average Bonchev–Trinajstić information content (AvgIpc) is 2.63. The molecule has 2 heterocycles. The molecule has 2 aromatic rings. The topological polar surface area (TPSA) is 49.2 Å². The number of pyridine rings is 1. The third kappa shape index (κ3) is 3.99. The van der Waals surface area contributed by atoms with Gasteiger partial charge in [0.2, 0.25) is 0 Å². The second kappa shape index (κ2) is 7.85. The molecule has 1 saturated heterocycles. The van der Waals surface area contributed by atoms with Crippen molar-refractivity contribution in [2.45, 2.75) is 25.6 Å². The van der Waals surface area contributed by atoms with Crippen molar-refractivity contribution in [2.24, 2.45) is 0 Å². The summed E-state index contributed by atoms with van der Waals surface area (Å²) in [6, 6.07) is 11.3. The van der Waals surface area contributed by atoms with Crippen molar-refractivity contribution in [3.63, 3.8) is 0 Å². The summed E-state index contributed by atoms with van der Waals surface area (Å²) in [5.41, 5.74) is 1.64. The first-order valence-electron chi connectivity index (χ1n) is 7.83. The fourth-order valence-corrected chi connectivity index (χ4v) is 3.13. The van der Waals surface area contributed by atoms with Crippen molar-refractivity contribution in [3.8, 4) is 6.07 Å². The number of nitrogens with zero attached hydrogens (tertiary/aromatic N) is 3. The predicted octanol–water partition coefficient (Wildman–Crippen LogP) is 4.45. The maximum absolute atomic E-state index is 9.19. The van der Waals surface area contributed by atoms with Crippen LogP contribution >= 0.6 is 23.2 Å². The van der Waals surface area contributed by atoms with Gasteiger partial charge in [-0.2, -0.15) is 5.26 Å². The Balaban J connectivity index is 1.54. The van der Waals surface area contributed by atoms with Crippen LogP contribution in [-0.2, 0) is 11.3 Å². The first-order valence-corrected chi connectivity index (χ1v) is 8.58. The smallest absolute Gasteiger partial charge is 0.146 e. The van der Waals surface area contributed by atoms with Crippen molar-refractivity contribution >= 4 is 29.0 Å². The molecular formula is C18H17Cl2N3O. The number of nitriles is 1. The van der Waals surface area contributed by atoms with E-state index in [2.05, 4.69) is 16.0 Å². The summed E-state index contributed by atoms with van der Waals surface area (Å²) >= 11 is 11.9. The highest BCUT2D eigenvalue weighted by Crippen LogP contribution is 2.25. The van der Waals surface area contributed by atoms with Crippen LogP contribution in [0, 0.1) is 11.3 Å². The van der Waals surface area contributed by atoms with Crippen LogP contribution in [0.5, 0.6) is 0 Å². The van der Waals surface area contributed by atoms with E-state index in [0.29, 0.717) is 22.2 Å². The van der Waals surface area contributed by atoms with Crippen LogP contribution in [0.2, 0.25) is 10.0 Å². The van der Waals surface area contributed by atoms with Gasteiger partial charge in [0.05, 0.1) is 28.3 Å². The lowest BCUT2D eigenvalue weighted by Crippen LogP contribution is -2.37. The van der Waals surface area contributed by atoms with E-state index in [0.717, 1.165) is 37.3 Å². The average molecular weight is 362 g/mol. The van der Waals surface area contributed by atoms with E-state index in [1.54, 1.807) is 24.4 Å². The molecule has 4 nitrogen and oxygen atoms in total. The zero-order chi connectivity index (χ0) is 16.9. The van der Waals surface area contributed by atoms with Crippen LogP contribution < -0.4 is 4.90 Å². The van der Waals surface area contributed by atoms with Gasteiger partial charge in [0, 0.05) is 19.3 Å². The van der Waals surface area contributed by atoms with Crippen LogP contribution in [0.15, 0.2) is 36.5 Å². The summed E-state index contributed by atoms with van der Waals surface area (Å²) in [5, 5.41) is 10.3. The minimum Gasteiger partial charge on any atom is -0.373 e. The molecule has 1 aromatic heterocycles. The molecule has 0 bridgehead atoms. The molecule has 1 aliphatic rings. The summed E-state index contributed by atoms with van der Waals surface area (Å²) in [4.78, 5) is 6.50. The monoisotopic (exact) mass is 361 g/mol. The van der Waals surface area contributed by atoms with Gasteiger partial charge in [-0.3, -0.25) is 0 Å². The van der Waals surface area contributed by atoms with E-state index in [1.165, 1.54) is 0 Å². The van der Waals surface area contributed by atoms with Gasteiger partial charge < -0.3 is 9.64 Å². The van der Waals surface area contributed by atoms with E-state index in [9.17, 15) is 5.26 Å². The third-order valence-corrected chi connectivity index (χ3v) is 4.86. The van der Waals surface area contributed by atoms with Crippen molar-refractivity contribution in [2.75, 3.05) is 18.0 Å². The molecule has 24 heavy (non-hydrogen) atoms. The number of halogens is 2. The van der Waals surface area contributed by atoms with E-state index < -0.39 is 0 Å². The number of hydrogen-bond donors (Lipinski definition) is 0. The van der Waals surface area contributed by atoms with Gasteiger partial charge in [0.15, 0.2) is 0 Å². The van der Waals surface area contributed by atoms with Gasteiger partial charge in [0.25, 0.3) is 0 Å². The van der Waals surface area contributed by atoms with Gasteiger partial charge in [-0.15, -0.1) is 0 Å². The van der Waals surface area contributed by atoms with Gasteiger partial charge in [-0.1, -0.05) is 29.3 Å². The minimum absolute atomic E-state index is 0.199. The number of benzene rings is 1. The lowest BCUT2D eigenvalue weighted by Gasteiger charge is -2.33.